The SMILES string of the molecule is COC1CCN(C(=O)c2ccc(F)c(C(F)(F)F)c2)C(CN)C1. The highest BCUT2D eigenvalue weighted by Crippen LogP contribution is 2.32. The normalized spacial score (nSPS) is 22.3. The third-order valence-corrected chi connectivity index (χ3v) is 4.05. The minimum atomic E-state index is -4.85. The zero-order valence-corrected chi connectivity index (χ0v) is 12.6. The molecule has 1 aliphatic heterocycles. The molecule has 1 saturated heterocycles. The summed E-state index contributed by atoms with van der Waals surface area (Å²) in [6.07, 6.45) is -3.79. The van der Waals surface area contributed by atoms with Crippen molar-refractivity contribution in [3.8, 4) is 0 Å². The molecule has 0 spiro atoms. The van der Waals surface area contributed by atoms with Crippen LogP contribution < -0.4 is 5.73 Å². The second-order valence-electron chi connectivity index (χ2n) is 5.46. The predicted octanol–water partition coefficient (Wildman–Crippen LogP) is 2.42. The van der Waals surface area contributed by atoms with E-state index in [0.29, 0.717) is 31.5 Å². The molecule has 23 heavy (non-hydrogen) atoms. The number of benzene rings is 1. The van der Waals surface area contributed by atoms with Gasteiger partial charge in [0.1, 0.15) is 5.82 Å². The highest BCUT2D eigenvalue weighted by Gasteiger charge is 2.36. The van der Waals surface area contributed by atoms with Crippen LogP contribution in [-0.4, -0.2) is 43.2 Å². The summed E-state index contributed by atoms with van der Waals surface area (Å²) in [5.41, 5.74) is 4.01. The van der Waals surface area contributed by atoms with Gasteiger partial charge in [0.05, 0.1) is 11.7 Å². The molecule has 0 radical (unpaired) electrons. The number of amides is 1. The lowest BCUT2D eigenvalue weighted by Gasteiger charge is -2.38. The quantitative estimate of drug-likeness (QED) is 0.864. The highest BCUT2D eigenvalue weighted by atomic mass is 19.4. The Morgan fingerprint density at radius 2 is 2.13 bits per heavy atom. The van der Waals surface area contributed by atoms with Gasteiger partial charge in [-0.15, -0.1) is 0 Å². The van der Waals surface area contributed by atoms with Gasteiger partial charge >= 0.3 is 6.18 Å². The molecule has 8 heteroatoms. The molecular weight excluding hydrogens is 316 g/mol. The lowest BCUT2D eigenvalue weighted by atomic mass is 9.97. The molecule has 1 heterocycles. The van der Waals surface area contributed by atoms with Gasteiger partial charge in [0.2, 0.25) is 0 Å². The Kier molecular flexibility index (Phi) is 5.26. The number of carbonyl (C=O) groups is 1. The molecule has 2 N–H and O–H groups in total. The number of alkyl halides is 3. The van der Waals surface area contributed by atoms with Crippen LogP contribution in [0, 0.1) is 5.82 Å². The number of likely N-dealkylation sites (tertiary alicyclic amines) is 1. The lowest BCUT2D eigenvalue weighted by Crippen LogP contribution is -2.51. The summed E-state index contributed by atoms with van der Waals surface area (Å²) >= 11 is 0. The van der Waals surface area contributed by atoms with Gasteiger partial charge in [-0.05, 0) is 31.0 Å². The highest BCUT2D eigenvalue weighted by molar-refractivity contribution is 5.94. The molecule has 0 bridgehead atoms. The van der Waals surface area contributed by atoms with E-state index in [4.69, 9.17) is 10.5 Å². The Bertz CT molecular complexity index is 577. The van der Waals surface area contributed by atoms with Crippen LogP contribution in [0.1, 0.15) is 28.8 Å². The second kappa shape index (κ2) is 6.84. The monoisotopic (exact) mass is 334 g/mol. The Morgan fingerprint density at radius 3 is 2.70 bits per heavy atom. The van der Waals surface area contributed by atoms with Crippen molar-refractivity contribution in [2.75, 3.05) is 20.2 Å². The van der Waals surface area contributed by atoms with Gasteiger partial charge in [-0.25, -0.2) is 4.39 Å². The minimum absolute atomic E-state index is 0.0356. The zero-order valence-electron chi connectivity index (χ0n) is 12.6. The van der Waals surface area contributed by atoms with Crippen LogP contribution in [0.4, 0.5) is 17.6 Å². The largest absolute Gasteiger partial charge is 0.419 e. The van der Waals surface area contributed by atoms with Gasteiger partial charge in [0.25, 0.3) is 5.91 Å². The minimum Gasteiger partial charge on any atom is -0.381 e. The fourth-order valence-corrected chi connectivity index (χ4v) is 2.76. The summed E-state index contributed by atoms with van der Waals surface area (Å²) in [4.78, 5) is 13.9. The van der Waals surface area contributed by atoms with Crippen molar-refractivity contribution in [3.05, 3.63) is 35.1 Å². The first-order valence-electron chi connectivity index (χ1n) is 7.18. The summed E-state index contributed by atoms with van der Waals surface area (Å²) in [5.74, 6) is -1.98. The van der Waals surface area contributed by atoms with Crippen molar-refractivity contribution in [3.63, 3.8) is 0 Å². The Hall–Kier alpha value is -1.67. The summed E-state index contributed by atoms with van der Waals surface area (Å²) in [6.45, 7) is 0.511. The van der Waals surface area contributed by atoms with Crippen LogP contribution in [0.2, 0.25) is 0 Å². The summed E-state index contributed by atoms with van der Waals surface area (Å²) < 4.78 is 56.9. The van der Waals surface area contributed by atoms with E-state index < -0.39 is 23.5 Å². The fraction of sp³-hybridized carbons (Fsp3) is 0.533. The number of halogens is 4. The van der Waals surface area contributed by atoms with Crippen LogP contribution in [0.3, 0.4) is 0 Å². The van der Waals surface area contributed by atoms with Crippen molar-refractivity contribution in [2.45, 2.75) is 31.2 Å². The van der Waals surface area contributed by atoms with Gasteiger partial charge in [-0.3, -0.25) is 4.79 Å². The molecule has 1 fully saturated rings. The van der Waals surface area contributed by atoms with E-state index in [1.54, 1.807) is 7.11 Å². The standard InChI is InChI=1S/C15H18F4N2O2/c1-23-11-4-5-21(10(7-11)8-20)14(22)9-2-3-13(16)12(6-9)15(17,18)19/h2-3,6,10-11H,4-5,7-8,20H2,1H3. The number of hydrogen-bond acceptors (Lipinski definition) is 3. The molecule has 1 aromatic carbocycles. The predicted molar refractivity (Wildman–Crippen MR) is 75.3 cm³/mol. The average molecular weight is 334 g/mol. The third kappa shape index (κ3) is 3.81. The van der Waals surface area contributed by atoms with E-state index >= 15 is 0 Å². The number of rotatable bonds is 3. The average Bonchev–Trinajstić information content (AvgIpc) is 2.52. The summed E-state index contributed by atoms with van der Waals surface area (Å²) in [7, 11) is 1.56. The molecule has 2 rings (SSSR count). The van der Waals surface area contributed by atoms with Crippen molar-refractivity contribution < 1.29 is 27.1 Å². The van der Waals surface area contributed by atoms with Crippen LogP contribution >= 0.6 is 0 Å². The van der Waals surface area contributed by atoms with Crippen LogP contribution in [0.15, 0.2) is 18.2 Å². The first-order valence-corrected chi connectivity index (χ1v) is 7.18. The molecule has 0 aromatic heterocycles. The maximum absolute atomic E-state index is 13.3. The van der Waals surface area contributed by atoms with Gasteiger partial charge in [-0.1, -0.05) is 0 Å². The lowest BCUT2D eigenvalue weighted by molar-refractivity contribution is -0.140. The van der Waals surface area contributed by atoms with E-state index in [2.05, 4.69) is 0 Å². The van der Waals surface area contributed by atoms with E-state index in [0.717, 1.165) is 6.07 Å². The molecule has 2 unspecified atom stereocenters. The first kappa shape index (κ1) is 17.7. The van der Waals surface area contributed by atoms with Crippen LogP contribution in [0.5, 0.6) is 0 Å². The molecular formula is C15H18F4N2O2. The van der Waals surface area contributed by atoms with Gasteiger partial charge in [-0.2, -0.15) is 13.2 Å². The molecule has 1 amide bonds. The topological polar surface area (TPSA) is 55.6 Å². The van der Waals surface area contributed by atoms with Gasteiger partial charge in [0, 0.05) is 31.8 Å². The molecule has 128 valence electrons. The number of methoxy groups -OCH3 is 1. The molecule has 0 saturated carbocycles. The van der Waals surface area contributed by atoms with E-state index in [1.807, 2.05) is 0 Å². The van der Waals surface area contributed by atoms with Crippen LogP contribution in [-0.2, 0) is 10.9 Å². The maximum atomic E-state index is 13.3. The molecule has 0 aliphatic carbocycles. The van der Waals surface area contributed by atoms with E-state index in [9.17, 15) is 22.4 Å². The Labute approximate surface area is 131 Å². The number of carbonyl (C=O) groups excluding carboxylic acids is 1. The maximum Gasteiger partial charge on any atom is 0.419 e. The number of piperidine rings is 1. The number of ether oxygens (including phenoxy) is 1. The van der Waals surface area contributed by atoms with Crippen molar-refractivity contribution in [2.24, 2.45) is 5.73 Å². The van der Waals surface area contributed by atoms with Gasteiger partial charge < -0.3 is 15.4 Å². The fourth-order valence-electron chi connectivity index (χ4n) is 2.76. The first-order chi connectivity index (χ1) is 10.8. The van der Waals surface area contributed by atoms with Gasteiger partial charge in [0.15, 0.2) is 0 Å². The van der Waals surface area contributed by atoms with Crippen molar-refractivity contribution in [1.29, 1.82) is 0 Å². The Balaban J connectivity index is 2.26. The summed E-state index contributed by atoms with van der Waals surface area (Å²) in [6, 6.07) is 1.95. The smallest absolute Gasteiger partial charge is 0.381 e. The molecule has 1 aliphatic rings. The van der Waals surface area contributed by atoms with Crippen LogP contribution in [0.25, 0.3) is 0 Å². The number of nitrogens with zero attached hydrogens (tertiary/aromatic N) is 1. The molecule has 1 aromatic rings. The Morgan fingerprint density at radius 1 is 1.43 bits per heavy atom. The van der Waals surface area contributed by atoms with E-state index in [-0.39, 0.29) is 24.3 Å². The van der Waals surface area contributed by atoms with Crippen molar-refractivity contribution in [1.82, 2.24) is 4.90 Å². The van der Waals surface area contributed by atoms with Crippen molar-refractivity contribution >= 4 is 5.91 Å². The summed E-state index contributed by atoms with van der Waals surface area (Å²) in [5, 5.41) is 0. The number of nitrogens with two attached hydrogens (primary N) is 1. The molecule has 4 nitrogen and oxygen atoms in total. The molecule has 2 atom stereocenters. The van der Waals surface area contributed by atoms with E-state index in [1.165, 1.54) is 4.90 Å². The third-order valence-electron chi connectivity index (χ3n) is 4.05. The second-order valence-corrected chi connectivity index (χ2v) is 5.46. The number of hydrogen-bond donors (Lipinski definition) is 1. The zero-order chi connectivity index (χ0) is 17.2.